The molecule has 2 aromatic heterocycles. The summed E-state index contributed by atoms with van der Waals surface area (Å²) in [5.74, 6) is -0.902. The largest absolute Gasteiger partial charge is 0.441 e. The molecule has 1 aromatic carbocycles. The van der Waals surface area contributed by atoms with Gasteiger partial charge < -0.3 is 10.2 Å². The zero-order chi connectivity index (χ0) is 16.9. The number of fused-ring (bicyclic) bond motifs is 1. The SMILES string of the molecule is CS(=O)(=O)c1cnn(-c2c(F)cc(Cl)c3ncoc23)c(=O)c1N. The van der Waals surface area contributed by atoms with Gasteiger partial charge in [0.05, 0.1) is 11.2 Å². The van der Waals surface area contributed by atoms with Crippen LogP contribution in [0.25, 0.3) is 16.8 Å². The number of sulfone groups is 1. The topological polar surface area (TPSA) is 121 Å². The fourth-order valence-electron chi connectivity index (χ4n) is 2.04. The zero-order valence-corrected chi connectivity index (χ0v) is 13.0. The maximum Gasteiger partial charge on any atom is 0.296 e. The molecule has 120 valence electrons. The minimum absolute atomic E-state index is 0.0104. The number of rotatable bonds is 2. The Balaban J connectivity index is 2.40. The number of benzene rings is 1. The lowest BCUT2D eigenvalue weighted by atomic mass is 10.2. The van der Waals surface area contributed by atoms with E-state index in [-0.39, 0.29) is 21.8 Å². The Morgan fingerprint density at radius 2 is 2.13 bits per heavy atom. The second-order valence-electron chi connectivity index (χ2n) is 4.63. The minimum atomic E-state index is -3.75. The molecule has 0 bridgehead atoms. The Kier molecular flexibility index (Phi) is 3.38. The highest BCUT2D eigenvalue weighted by atomic mass is 35.5. The normalized spacial score (nSPS) is 12.0. The van der Waals surface area contributed by atoms with E-state index in [0.717, 1.165) is 24.9 Å². The lowest BCUT2D eigenvalue weighted by Gasteiger charge is -2.09. The van der Waals surface area contributed by atoms with Gasteiger partial charge in [0.1, 0.15) is 21.8 Å². The van der Waals surface area contributed by atoms with E-state index in [9.17, 15) is 17.6 Å². The first-order chi connectivity index (χ1) is 10.7. The van der Waals surface area contributed by atoms with Gasteiger partial charge in [0.2, 0.25) is 0 Å². The van der Waals surface area contributed by atoms with Crippen molar-refractivity contribution in [3.05, 3.63) is 39.9 Å². The number of nitrogens with zero attached hydrogens (tertiary/aromatic N) is 3. The first kappa shape index (κ1) is 15.4. The van der Waals surface area contributed by atoms with Crippen molar-refractivity contribution >= 4 is 38.2 Å². The number of anilines is 1. The van der Waals surface area contributed by atoms with Gasteiger partial charge in [-0.3, -0.25) is 4.79 Å². The van der Waals surface area contributed by atoms with Crippen LogP contribution in [0.4, 0.5) is 10.1 Å². The Hall–Kier alpha value is -2.46. The molecular weight excluding hydrogens is 351 g/mol. The fraction of sp³-hybridized carbons (Fsp3) is 0.0833. The van der Waals surface area contributed by atoms with Crippen molar-refractivity contribution < 1.29 is 17.2 Å². The predicted octanol–water partition coefficient (Wildman–Crippen LogP) is 1.15. The Morgan fingerprint density at radius 1 is 1.43 bits per heavy atom. The molecular formula is C12H8ClFN4O4S. The number of hydrogen-bond acceptors (Lipinski definition) is 7. The molecule has 0 radical (unpaired) electrons. The van der Waals surface area contributed by atoms with Crippen LogP contribution in [0, 0.1) is 5.82 Å². The maximum absolute atomic E-state index is 14.3. The van der Waals surface area contributed by atoms with Crippen LogP contribution in [0.3, 0.4) is 0 Å². The molecule has 0 saturated heterocycles. The third kappa shape index (κ3) is 2.35. The van der Waals surface area contributed by atoms with E-state index < -0.39 is 31.8 Å². The van der Waals surface area contributed by atoms with Crippen molar-refractivity contribution in [1.82, 2.24) is 14.8 Å². The number of aromatic nitrogens is 3. The van der Waals surface area contributed by atoms with Crippen molar-refractivity contribution in [2.45, 2.75) is 4.90 Å². The van der Waals surface area contributed by atoms with Gasteiger partial charge in [-0.15, -0.1) is 0 Å². The van der Waals surface area contributed by atoms with Crippen molar-refractivity contribution in [2.75, 3.05) is 12.0 Å². The number of nitrogens with two attached hydrogens (primary N) is 1. The molecule has 8 nitrogen and oxygen atoms in total. The molecule has 11 heteroatoms. The smallest absolute Gasteiger partial charge is 0.296 e. The first-order valence-electron chi connectivity index (χ1n) is 6.01. The molecule has 0 saturated carbocycles. The highest BCUT2D eigenvalue weighted by Gasteiger charge is 2.23. The van der Waals surface area contributed by atoms with Gasteiger partial charge in [0.15, 0.2) is 27.6 Å². The highest BCUT2D eigenvalue weighted by molar-refractivity contribution is 7.90. The van der Waals surface area contributed by atoms with E-state index in [1.165, 1.54) is 0 Å². The number of hydrogen-bond donors (Lipinski definition) is 1. The van der Waals surface area contributed by atoms with Crippen LogP contribution in [0.15, 0.2) is 32.8 Å². The molecule has 0 aliphatic heterocycles. The summed E-state index contributed by atoms with van der Waals surface area (Å²) < 4.78 is 43.0. The van der Waals surface area contributed by atoms with Crippen LogP contribution < -0.4 is 11.3 Å². The highest BCUT2D eigenvalue weighted by Crippen LogP contribution is 2.30. The number of halogens is 2. The van der Waals surface area contributed by atoms with Gasteiger partial charge in [-0.2, -0.15) is 9.78 Å². The predicted molar refractivity (Wildman–Crippen MR) is 79.9 cm³/mol. The second-order valence-corrected chi connectivity index (χ2v) is 7.02. The lowest BCUT2D eigenvalue weighted by Crippen LogP contribution is -2.27. The van der Waals surface area contributed by atoms with E-state index in [0.29, 0.717) is 4.68 Å². The zero-order valence-electron chi connectivity index (χ0n) is 11.4. The molecule has 0 atom stereocenters. The van der Waals surface area contributed by atoms with Crippen molar-refractivity contribution in [1.29, 1.82) is 0 Å². The minimum Gasteiger partial charge on any atom is -0.441 e. The molecule has 0 amide bonds. The fourth-order valence-corrected chi connectivity index (χ4v) is 3.00. The molecule has 0 fully saturated rings. The third-order valence-electron chi connectivity index (χ3n) is 3.08. The summed E-state index contributed by atoms with van der Waals surface area (Å²) in [5, 5.41) is 3.66. The quantitative estimate of drug-likeness (QED) is 0.729. The average molecular weight is 359 g/mol. The van der Waals surface area contributed by atoms with Gasteiger partial charge in [0, 0.05) is 6.26 Å². The van der Waals surface area contributed by atoms with Crippen molar-refractivity contribution in [3.8, 4) is 5.69 Å². The lowest BCUT2D eigenvalue weighted by molar-refractivity contribution is 0.573. The standard InChI is InChI=1S/C12H8ClFN4O4S/c1-23(20,21)7-3-17-18(12(19)8(7)15)10-6(14)2-5(13)9-11(10)22-4-16-9/h2-4H,15H2,1H3. The molecule has 2 heterocycles. The van der Waals surface area contributed by atoms with Gasteiger partial charge in [-0.25, -0.2) is 17.8 Å². The van der Waals surface area contributed by atoms with Crippen LogP contribution in [0.1, 0.15) is 0 Å². The van der Waals surface area contributed by atoms with Gasteiger partial charge in [-0.05, 0) is 6.07 Å². The number of oxazole rings is 1. The summed E-state index contributed by atoms with van der Waals surface area (Å²) in [4.78, 5) is 15.7. The summed E-state index contributed by atoms with van der Waals surface area (Å²) >= 11 is 5.84. The molecule has 3 rings (SSSR count). The molecule has 23 heavy (non-hydrogen) atoms. The molecule has 0 aliphatic rings. The summed E-state index contributed by atoms with van der Waals surface area (Å²) in [7, 11) is -3.75. The molecule has 0 unspecified atom stereocenters. The van der Waals surface area contributed by atoms with Crippen LogP contribution in [-0.4, -0.2) is 29.4 Å². The Morgan fingerprint density at radius 3 is 2.78 bits per heavy atom. The second kappa shape index (κ2) is 5.03. The molecule has 2 N–H and O–H groups in total. The summed E-state index contributed by atoms with van der Waals surface area (Å²) in [6.45, 7) is 0. The number of nitrogen functional groups attached to an aromatic ring is 1. The molecule has 3 aromatic rings. The summed E-state index contributed by atoms with van der Waals surface area (Å²) in [6, 6.07) is 0.941. The van der Waals surface area contributed by atoms with Crippen LogP contribution in [0.5, 0.6) is 0 Å². The van der Waals surface area contributed by atoms with E-state index in [4.69, 9.17) is 21.8 Å². The van der Waals surface area contributed by atoms with E-state index >= 15 is 0 Å². The van der Waals surface area contributed by atoms with Crippen LogP contribution >= 0.6 is 11.6 Å². The van der Waals surface area contributed by atoms with Crippen LogP contribution in [-0.2, 0) is 9.84 Å². The Labute approximate surface area is 133 Å². The van der Waals surface area contributed by atoms with E-state index in [2.05, 4.69) is 10.1 Å². The van der Waals surface area contributed by atoms with Gasteiger partial charge in [-0.1, -0.05) is 11.6 Å². The summed E-state index contributed by atoms with van der Waals surface area (Å²) in [5.41, 5.74) is 3.62. The maximum atomic E-state index is 14.3. The van der Waals surface area contributed by atoms with E-state index in [1.54, 1.807) is 0 Å². The molecule has 0 aliphatic carbocycles. The average Bonchev–Trinajstić information content (AvgIpc) is 2.91. The monoisotopic (exact) mass is 358 g/mol. The first-order valence-corrected chi connectivity index (χ1v) is 8.28. The van der Waals surface area contributed by atoms with Crippen molar-refractivity contribution in [3.63, 3.8) is 0 Å². The summed E-state index contributed by atoms with van der Waals surface area (Å²) in [6.07, 6.45) is 2.77. The van der Waals surface area contributed by atoms with Gasteiger partial charge in [0.25, 0.3) is 5.56 Å². The van der Waals surface area contributed by atoms with Gasteiger partial charge >= 0.3 is 0 Å². The van der Waals surface area contributed by atoms with Crippen molar-refractivity contribution in [2.24, 2.45) is 0 Å². The Bertz CT molecular complexity index is 1110. The molecule has 0 spiro atoms. The van der Waals surface area contributed by atoms with E-state index in [1.807, 2.05) is 0 Å². The third-order valence-corrected chi connectivity index (χ3v) is 4.49. The van der Waals surface area contributed by atoms with Crippen LogP contribution in [0.2, 0.25) is 5.02 Å².